The van der Waals surface area contributed by atoms with Crippen LogP contribution in [-0.4, -0.2) is 25.2 Å². The maximum absolute atomic E-state index is 5.66. The van der Waals surface area contributed by atoms with E-state index in [1.165, 1.54) is 64.3 Å². The van der Waals surface area contributed by atoms with E-state index in [-0.39, 0.29) is 0 Å². The number of rotatable bonds is 11. The standard InChI is InChI=1S/C15H31N3/c16-11-2-1-4-14(6-7-14)5-3-13-18-15(8-9-15)10-12-17/h18H,1-13,16-17H2. The Balaban J connectivity index is 1.53. The molecule has 0 atom stereocenters. The lowest BCUT2D eigenvalue weighted by atomic mass is 9.93. The highest BCUT2D eigenvalue weighted by Crippen LogP contribution is 2.53. The van der Waals surface area contributed by atoms with Gasteiger partial charge >= 0.3 is 0 Å². The van der Waals surface area contributed by atoms with Crippen LogP contribution in [0.3, 0.4) is 0 Å². The molecule has 5 N–H and O–H groups in total. The van der Waals surface area contributed by atoms with Gasteiger partial charge in [0.25, 0.3) is 0 Å². The van der Waals surface area contributed by atoms with Gasteiger partial charge in [0.1, 0.15) is 0 Å². The third-order valence-electron chi connectivity index (χ3n) is 4.98. The van der Waals surface area contributed by atoms with E-state index < -0.39 is 0 Å². The van der Waals surface area contributed by atoms with Crippen molar-refractivity contribution in [2.45, 2.75) is 69.7 Å². The third kappa shape index (κ3) is 4.22. The first-order valence-corrected chi connectivity index (χ1v) is 7.89. The van der Waals surface area contributed by atoms with Crippen LogP contribution in [0.15, 0.2) is 0 Å². The number of hydrogen-bond donors (Lipinski definition) is 3. The molecule has 3 nitrogen and oxygen atoms in total. The Labute approximate surface area is 112 Å². The first kappa shape index (κ1) is 14.3. The smallest absolute Gasteiger partial charge is 0.0194 e. The van der Waals surface area contributed by atoms with Crippen LogP contribution in [0.4, 0.5) is 0 Å². The van der Waals surface area contributed by atoms with Gasteiger partial charge in [0.15, 0.2) is 0 Å². The predicted molar refractivity (Wildman–Crippen MR) is 77.4 cm³/mol. The quantitative estimate of drug-likeness (QED) is 0.494. The average molecular weight is 253 g/mol. The molecule has 18 heavy (non-hydrogen) atoms. The summed E-state index contributed by atoms with van der Waals surface area (Å²) in [5, 5.41) is 3.74. The lowest BCUT2D eigenvalue weighted by Gasteiger charge is -2.18. The fraction of sp³-hybridized carbons (Fsp3) is 1.00. The Morgan fingerprint density at radius 2 is 1.50 bits per heavy atom. The number of unbranched alkanes of at least 4 members (excludes halogenated alkanes) is 1. The zero-order valence-electron chi connectivity index (χ0n) is 11.8. The minimum Gasteiger partial charge on any atom is -0.330 e. The molecule has 0 aliphatic heterocycles. The second kappa shape index (κ2) is 6.36. The fourth-order valence-electron chi connectivity index (χ4n) is 3.21. The molecule has 2 fully saturated rings. The van der Waals surface area contributed by atoms with Gasteiger partial charge in [0, 0.05) is 5.54 Å². The van der Waals surface area contributed by atoms with Crippen LogP contribution >= 0.6 is 0 Å². The van der Waals surface area contributed by atoms with Crippen molar-refractivity contribution in [3.8, 4) is 0 Å². The van der Waals surface area contributed by atoms with Gasteiger partial charge in [0.05, 0.1) is 0 Å². The van der Waals surface area contributed by atoms with Crippen LogP contribution in [0.2, 0.25) is 0 Å². The normalized spacial score (nSPS) is 23.0. The molecule has 2 aliphatic carbocycles. The van der Waals surface area contributed by atoms with Crippen molar-refractivity contribution in [3.63, 3.8) is 0 Å². The maximum Gasteiger partial charge on any atom is 0.0194 e. The van der Waals surface area contributed by atoms with Crippen LogP contribution < -0.4 is 16.8 Å². The molecule has 2 rings (SSSR count). The summed E-state index contributed by atoms with van der Waals surface area (Å²) in [6.07, 6.45) is 13.5. The summed E-state index contributed by atoms with van der Waals surface area (Å²) >= 11 is 0. The highest BCUT2D eigenvalue weighted by molar-refractivity contribution is 5.02. The van der Waals surface area contributed by atoms with E-state index >= 15 is 0 Å². The number of nitrogens with two attached hydrogens (primary N) is 2. The second-order valence-corrected chi connectivity index (χ2v) is 6.60. The van der Waals surface area contributed by atoms with Gasteiger partial charge in [-0.25, -0.2) is 0 Å². The molecule has 0 amide bonds. The van der Waals surface area contributed by atoms with Gasteiger partial charge in [-0.1, -0.05) is 6.42 Å². The van der Waals surface area contributed by atoms with Crippen molar-refractivity contribution in [1.82, 2.24) is 5.32 Å². The van der Waals surface area contributed by atoms with Gasteiger partial charge in [-0.05, 0) is 82.8 Å². The molecule has 0 aromatic heterocycles. The summed E-state index contributed by atoms with van der Waals surface area (Å²) in [6, 6.07) is 0. The molecule has 0 unspecified atom stereocenters. The van der Waals surface area contributed by atoms with E-state index in [0.717, 1.165) is 24.9 Å². The van der Waals surface area contributed by atoms with E-state index in [9.17, 15) is 0 Å². The number of hydrogen-bond acceptors (Lipinski definition) is 3. The molecule has 0 spiro atoms. The molecule has 0 aromatic carbocycles. The molecule has 2 aliphatic rings. The first-order chi connectivity index (χ1) is 8.74. The lowest BCUT2D eigenvalue weighted by molar-refractivity contribution is 0.377. The SMILES string of the molecule is NCCCCC1(CCCNC2(CCN)CC2)CC1. The first-order valence-electron chi connectivity index (χ1n) is 7.89. The molecule has 0 bridgehead atoms. The summed E-state index contributed by atoms with van der Waals surface area (Å²) in [4.78, 5) is 0. The fourth-order valence-corrected chi connectivity index (χ4v) is 3.21. The Hall–Kier alpha value is -0.120. The molecule has 0 radical (unpaired) electrons. The summed E-state index contributed by atoms with van der Waals surface area (Å²) in [7, 11) is 0. The molecule has 0 saturated heterocycles. The van der Waals surface area contributed by atoms with E-state index in [0.29, 0.717) is 5.54 Å². The Bertz CT molecular complexity index is 244. The molecule has 0 heterocycles. The van der Waals surface area contributed by atoms with E-state index in [1.807, 2.05) is 0 Å². The van der Waals surface area contributed by atoms with E-state index in [4.69, 9.17) is 11.5 Å². The summed E-state index contributed by atoms with van der Waals surface area (Å²) in [6.45, 7) is 2.88. The summed E-state index contributed by atoms with van der Waals surface area (Å²) < 4.78 is 0. The Morgan fingerprint density at radius 3 is 2.06 bits per heavy atom. The van der Waals surface area contributed by atoms with Crippen molar-refractivity contribution < 1.29 is 0 Å². The van der Waals surface area contributed by atoms with Crippen molar-refractivity contribution in [2.75, 3.05) is 19.6 Å². The Morgan fingerprint density at radius 1 is 0.778 bits per heavy atom. The zero-order chi connectivity index (χ0) is 12.9. The van der Waals surface area contributed by atoms with E-state index in [2.05, 4.69) is 5.32 Å². The summed E-state index contributed by atoms with van der Waals surface area (Å²) in [5.74, 6) is 0. The van der Waals surface area contributed by atoms with Crippen LogP contribution in [-0.2, 0) is 0 Å². The third-order valence-corrected chi connectivity index (χ3v) is 4.98. The van der Waals surface area contributed by atoms with Gasteiger partial charge in [-0.15, -0.1) is 0 Å². The monoisotopic (exact) mass is 253 g/mol. The van der Waals surface area contributed by atoms with Crippen molar-refractivity contribution >= 4 is 0 Å². The molecular weight excluding hydrogens is 222 g/mol. The van der Waals surface area contributed by atoms with Crippen LogP contribution in [0.1, 0.15) is 64.2 Å². The molecule has 3 heteroatoms. The van der Waals surface area contributed by atoms with Gasteiger partial charge in [-0.3, -0.25) is 0 Å². The average Bonchev–Trinajstić information content (AvgIpc) is 3.25. The van der Waals surface area contributed by atoms with Crippen molar-refractivity contribution in [1.29, 1.82) is 0 Å². The van der Waals surface area contributed by atoms with Crippen LogP contribution in [0.5, 0.6) is 0 Å². The minimum atomic E-state index is 0.449. The van der Waals surface area contributed by atoms with Crippen LogP contribution in [0.25, 0.3) is 0 Å². The summed E-state index contributed by atoms with van der Waals surface area (Å²) in [5.41, 5.74) is 12.4. The highest BCUT2D eigenvalue weighted by atomic mass is 15.0. The van der Waals surface area contributed by atoms with Gasteiger partial charge in [0.2, 0.25) is 0 Å². The van der Waals surface area contributed by atoms with Gasteiger partial charge in [-0.2, -0.15) is 0 Å². The minimum absolute atomic E-state index is 0.449. The zero-order valence-corrected chi connectivity index (χ0v) is 11.8. The van der Waals surface area contributed by atoms with Gasteiger partial charge < -0.3 is 16.8 Å². The molecule has 106 valence electrons. The highest BCUT2D eigenvalue weighted by Gasteiger charge is 2.42. The van der Waals surface area contributed by atoms with E-state index in [1.54, 1.807) is 0 Å². The topological polar surface area (TPSA) is 64.1 Å². The largest absolute Gasteiger partial charge is 0.330 e. The Kier molecular flexibility index (Phi) is 5.05. The lowest BCUT2D eigenvalue weighted by Crippen LogP contribution is -2.34. The molecule has 0 aromatic rings. The van der Waals surface area contributed by atoms with Crippen molar-refractivity contribution in [2.24, 2.45) is 16.9 Å². The van der Waals surface area contributed by atoms with Crippen LogP contribution in [0, 0.1) is 5.41 Å². The predicted octanol–water partition coefficient (Wildman–Crippen LogP) is 2.15. The maximum atomic E-state index is 5.66. The number of nitrogens with one attached hydrogen (secondary N) is 1. The molecular formula is C15H31N3. The van der Waals surface area contributed by atoms with Crippen molar-refractivity contribution in [3.05, 3.63) is 0 Å². The second-order valence-electron chi connectivity index (χ2n) is 6.60. The molecule has 2 saturated carbocycles.